The maximum atomic E-state index is 4.38. The Balaban J connectivity index is 2.09. The van der Waals surface area contributed by atoms with Crippen LogP contribution in [0.5, 0.6) is 0 Å². The van der Waals surface area contributed by atoms with Crippen molar-refractivity contribution in [1.82, 2.24) is 4.98 Å². The maximum absolute atomic E-state index is 4.38. The second-order valence-corrected chi connectivity index (χ2v) is 5.46. The highest BCUT2D eigenvalue weighted by molar-refractivity contribution is 9.10. The van der Waals surface area contributed by atoms with Gasteiger partial charge >= 0.3 is 0 Å². The Morgan fingerprint density at radius 2 is 2.00 bits per heavy atom. The van der Waals surface area contributed by atoms with Gasteiger partial charge in [-0.05, 0) is 68.6 Å². The molecule has 0 aliphatic rings. The number of nitrogens with one attached hydrogen (secondary N) is 1. The smallest absolute Gasteiger partial charge is 0.106 e. The fraction of sp³-hybridized carbons (Fsp3) is 0.154. The molecule has 0 bridgehead atoms. The Morgan fingerprint density at radius 1 is 1.18 bits per heavy atom. The fourth-order valence-corrected chi connectivity index (χ4v) is 2.28. The highest BCUT2D eigenvalue weighted by Crippen LogP contribution is 2.23. The molecule has 2 rings (SSSR count). The number of pyridine rings is 1. The van der Waals surface area contributed by atoms with Gasteiger partial charge in [-0.1, -0.05) is 12.1 Å². The summed E-state index contributed by atoms with van der Waals surface area (Å²) >= 11 is 6.89. The van der Waals surface area contributed by atoms with E-state index in [-0.39, 0.29) is 0 Å². The molecular formula is C13H12Br2N2. The summed E-state index contributed by atoms with van der Waals surface area (Å²) < 4.78 is 1.93. The van der Waals surface area contributed by atoms with Crippen LogP contribution >= 0.6 is 31.9 Å². The van der Waals surface area contributed by atoms with Gasteiger partial charge in [0.25, 0.3) is 0 Å². The molecule has 0 radical (unpaired) electrons. The normalized spacial score (nSPS) is 10.3. The van der Waals surface area contributed by atoms with Gasteiger partial charge in [0.2, 0.25) is 0 Å². The first-order valence-corrected chi connectivity index (χ1v) is 6.85. The Bertz CT molecular complexity index is 527. The summed E-state index contributed by atoms with van der Waals surface area (Å²) in [5, 5.41) is 3.37. The van der Waals surface area contributed by atoms with E-state index in [1.807, 2.05) is 24.3 Å². The van der Waals surface area contributed by atoms with Crippen LogP contribution in [0.15, 0.2) is 45.5 Å². The third-order valence-corrected chi connectivity index (χ3v) is 3.49. The molecule has 0 saturated carbocycles. The number of aryl methyl sites for hydroxylation is 1. The highest BCUT2D eigenvalue weighted by atomic mass is 79.9. The first-order valence-electron chi connectivity index (χ1n) is 5.26. The highest BCUT2D eigenvalue weighted by Gasteiger charge is 2.00. The van der Waals surface area contributed by atoms with Crippen LogP contribution in [0.1, 0.15) is 11.3 Å². The maximum Gasteiger partial charge on any atom is 0.106 e. The van der Waals surface area contributed by atoms with E-state index in [0.717, 1.165) is 20.5 Å². The molecule has 2 aromatic rings. The SMILES string of the molecule is Cc1ccc(Br)c(NCc2cccc(Br)n2)c1. The van der Waals surface area contributed by atoms with Crippen LogP contribution < -0.4 is 5.32 Å². The van der Waals surface area contributed by atoms with Crippen molar-refractivity contribution in [2.45, 2.75) is 13.5 Å². The molecule has 0 atom stereocenters. The van der Waals surface area contributed by atoms with Gasteiger partial charge in [-0.25, -0.2) is 4.98 Å². The average Bonchev–Trinajstić information content (AvgIpc) is 2.30. The lowest BCUT2D eigenvalue weighted by Gasteiger charge is -2.09. The summed E-state index contributed by atoms with van der Waals surface area (Å²) in [6.45, 7) is 2.79. The molecule has 17 heavy (non-hydrogen) atoms. The van der Waals surface area contributed by atoms with Gasteiger partial charge < -0.3 is 5.32 Å². The van der Waals surface area contributed by atoms with Crippen molar-refractivity contribution in [2.24, 2.45) is 0 Å². The van der Waals surface area contributed by atoms with Crippen LogP contribution in [0.4, 0.5) is 5.69 Å². The minimum absolute atomic E-state index is 0.710. The summed E-state index contributed by atoms with van der Waals surface area (Å²) in [6, 6.07) is 12.1. The third kappa shape index (κ3) is 3.54. The summed E-state index contributed by atoms with van der Waals surface area (Å²) in [5.74, 6) is 0. The largest absolute Gasteiger partial charge is 0.378 e. The van der Waals surface area contributed by atoms with Gasteiger partial charge in [0.15, 0.2) is 0 Å². The van der Waals surface area contributed by atoms with Crippen LogP contribution in [0.2, 0.25) is 0 Å². The molecule has 1 N–H and O–H groups in total. The van der Waals surface area contributed by atoms with Crippen LogP contribution in [0.3, 0.4) is 0 Å². The van der Waals surface area contributed by atoms with Crippen LogP contribution in [-0.4, -0.2) is 4.98 Å². The Morgan fingerprint density at radius 3 is 2.76 bits per heavy atom. The average molecular weight is 356 g/mol. The summed E-state index contributed by atoms with van der Waals surface area (Å²) in [5.41, 5.74) is 3.33. The van der Waals surface area contributed by atoms with Crippen LogP contribution in [0, 0.1) is 6.92 Å². The minimum atomic E-state index is 0.710. The van der Waals surface area contributed by atoms with Crippen molar-refractivity contribution in [3.8, 4) is 0 Å². The zero-order valence-corrected chi connectivity index (χ0v) is 12.5. The van der Waals surface area contributed by atoms with Gasteiger partial charge in [0.05, 0.1) is 12.2 Å². The second kappa shape index (κ2) is 5.65. The first-order chi connectivity index (χ1) is 8.15. The van der Waals surface area contributed by atoms with Gasteiger partial charge in [-0.15, -0.1) is 0 Å². The van der Waals surface area contributed by atoms with Crippen LogP contribution in [0.25, 0.3) is 0 Å². The number of rotatable bonds is 3. The Labute approximate surface area is 118 Å². The van der Waals surface area contributed by atoms with Crippen molar-refractivity contribution in [3.05, 3.63) is 56.7 Å². The molecule has 4 heteroatoms. The molecule has 0 fully saturated rings. The van der Waals surface area contributed by atoms with Crippen molar-refractivity contribution < 1.29 is 0 Å². The minimum Gasteiger partial charge on any atom is -0.378 e. The van der Waals surface area contributed by atoms with E-state index in [4.69, 9.17) is 0 Å². The van der Waals surface area contributed by atoms with E-state index in [1.54, 1.807) is 0 Å². The molecule has 0 saturated heterocycles. The van der Waals surface area contributed by atoms with E-state index in [1.165, 1.54) is 5.56 Å². The van der Waals surface area contributed by atoms with Crippen molar-refractivity contribution in [1.29, 1.82) is 0 Å². The first kappa shape index (κ1) is 12.6. The lowest BCUT2D eigenvalue weighted by Crippen LogP contribution is -2.02. The topological polar surface area (TPSA) is 24.9 Å². The molecule has 1 aromatic carbocycles. The fourth-order valence-electron chi connectivity index (χ4n) is 1.51. The number of aromatic nitrogens is 1. The molecule has 1 aromatic heterocycles. The zero-order valence-electron chi connectivity index (χ0n) is 9.37. The standard InChI is InChI=1S/C13H12Br2N2/c1-9-5-6-11(14)12(7-9)16-8-10-3-2-4-13(15)17-10/h2-7,16H,8H2,1H3. The van der Waals surface area contributed by atoms with E-state index in [0.29, 0.717) is 6.54 Å². The molecular weight excluding hydrogens is 344 g/mol. The van der Waals surface area contributed by atoms with Crippen molar-refractivity contribution in [3.63, 3.8) is 0 Å². The molecule has 0 unspecified atom stereocenters. The van der Waals surface area contributed by atoms with E-state index in [9.17, 15) is 0 Å². The summed E-state index contributed by atoms with van der Waals surface area (Å²) in [4.78, 5) is 4.38. The lowest BCUT2D eigenvalue weighted by molar-refractivity contribution is 1.03. The van der Waals surface area contributed by atoms with Crippen molar-refractivity contribution in [2.75, 3.05) is 5.32 Å². The van der Waals surface area contributed by atoms with Gasteiger partial charge in [-0.2, -0.15) is 0 Å². The van der Waals surface area contributed by atoms with E-state index in [2.05, 4.69) is 61.2 Å². The monoisotopic (exact) mass is 354 g/mol. The predicted octanol–water partition coefficient (Wildman–Crippen LogP) is 4.53. The molecule has 2 nitrogen and oxygen atoms in total. The lowest BCUT2D eigenvalue weighted by atomic mass is 10.2. The number of benzene rings is 1. The Hall–Kier alpha value is -0.870. The van der Waals surface area contributed by atoms with Crippen molar-refractivity contribution >= 4 is 37.5 Å². The number of anilines is 1. The Kier molecular flexibility index (Phi) is 4.18. The van der Waals surface area contributed by atoms with Gasteiger partial charge in [-0.3, -0.25) is 0 Å². The van der Waals surface area contributed by atoms with E-state index < -0.39 is 0 Å². The molecule has 0 spiro atoms. The van der Waals surface area contributed by atoms with Crippen LogP contribution in [-0.2, 0) is 6.54 Å². The predicted molar refractivity (Wildman–Crippen MR) is 78.1 cm³/mol. The molecule has 0 aliphatic heterocycles. The number of halogens is 2. The second-order valence-electron chi connectivity index (χ2n) is 3.79. The van der Waals surface area contributed by atoms with E-state index >= 15 is 0 Å². The quantitative estimate of drug-likeness (QED) is 0.818. The summed E-state index contributed by atoms with van der Waals surface area (Å²) in [6.07, 6.45) is 0. The van der Waals surface area contributed by atoms with Gasteiger partial charge in [0.1, 0.15) is 4.60 Å². The molecule has 88 valence electrons. The number of hydrogen-bond donors (Lipinski definition) is 1. The number of nitrogens with zero attached hydrogens (tertiary/aromatic N) is 1. The third-order valence-electron chi connectivity index (χ3n) is 2.35. The van der Waals surface area contributed by atoms with Gasteiger partial charge in [0, 0.05) is 10.2 Å². The molecule has 0 amide bonds. The molecule has 0 aliphatic carbocycles. The summed E-state index contributed by atoms with van der Waals surface area (Å²) in [7, 11) is 0. The number of hydrogen-bond acceptors (Lipinski definition) is 2. The zero-order chi connectivity index (χ0) is 12.3. The molecule has 1 heterocycles.